The first-order chi connectivity index (χ1) is 34.3. The van der Waals surface area contributed by atoms with Gasteiger partial charge < -0.3 is 20.9 Å². The first kappa shape index (κ1) is 55.7. The molecule has 4 heterocycles. The first-order valence-corrected chi connectivity index (χ1v) is 26.6. The van der Waals surface area contributed by atoms with Crippen LogP contribution in [0, 0.1) is 11.8 Å². The van der Waals surface area contributed by atoms with Crippen LogP contribution in [0.15, 0.2) is 109 Å². The van der Waals surface area contributed by atoms with Crippen LogP contribution < -0.4 is 11.1 Å². The summed E-state index contributed by atoms with van der Waals surface area (Å²) in [5, 5.41) is 6.17. The van der Waals surface area contributed by atoms with Gasteiger partial charge in [0.15, 0.2) is 0 Å². The maximum atomic E-state index is 6.44. The van der Waals surface area contributed by atoms with Crippen molar-refractivity contribution in [3.05, 3.63) is 137 Å². The van der Waals surface area contributed by atoms with E-state index < -0.39 is 0 Å². The summed E-state index contributed by atoms with van der Waals surface area (Å²) < 4.78 is 0. The van der Waals surface area contributed by atoms with Crippen LogP contribution in [0.5, 0.6) is 0 Å². The van der Waals surface area contributed by atoms with E-state index in [0.717, 1.165) is 144 Å². The van der Waals surface area contributed by atoms with Crippen molar-refractivity contribution in [3.63, 3.8) is 0 Å². The number of halogens is 1. The first-order valence-electron chi connectivity index (χ1n) is 26.2. The largest absolute Gasteiger partial charge is 0.369 e. The van der Waals surface area contributed by atoms with Crippen LogP contribution in [0.3, 0.4) is 0 Å². The lowest BCUT2D eigenvalue weighted by atomic mass is 9.99. The second-order valence-electron chi connectivity index (χ2n) is 20.9. The number of nitrogens with zero attached hydrogens (tertiary/aromatic N) is 10. The third-order valence-electron chi connectivity index (χ3n) is 13.2. The number of aromatic nitrogens is 4. The molecule has 13 heteroatoms. The minimum atomic E-state index is 0.501. The summed E-state index contributed by atoms with van der Waals surface area (Å²) in [6, 6.07) is 38.9. The zero-order chi connectivity index (χ0) is 50.5. The van der Waals surface area contributed by atoms with Crippen molar-refractivity contribution in [2.75, 3.05) is 99.0 Å². The lowest BCUT2D eigenvalue weighted by Crippen LogP contribution is -2.52. The summed E-state index contributed by atoms with van der Waals surface area (Å²) in [6.45, 7) is 23.1. The minimum Gasteiger partial charge on any atom is -0.369 e. The SMILES string of the molecule is CC(C)CC1CN(Cc2ccccc2)CCN1Cc1nc(Cl)c2ccccc2n1.CC(C)CC1CN(Cc2ccccc2)CCN1Cc1nc(NCCCN(C)C)c2ccccc2n1.CN(C)CCCN. The highest BCUT2D eigenvalue weighted by Gasteiger charge is 2.30. The van der Waals surface area contributed by atoms with Crippen LogP contribution >= 0.6 is 11.6 Å². The number of anilines is 1. The Balaban J connectivity index is 0.000000208. The van der Waals surface area contributed by atoms with Crippen LogP contribution in [0.4, 0.5) is 5.82 Å². The molecule has 4 aromatic carbocycles. The summed E-state index contributed by atoms with van der Waals surface area (Å²) >= 11 is 6.44. The van der Waals surface area contributed by atoms with Gasteiger partial charge in [-0.2, -0.15) is 0 Å². The number of nitrogens with one attached hydrogen (secondary N) is 1. The molecule has 8 rings (SSSR count). The van der Waals surface area contributed by atoms with Crippen LogP contribution in [-0.2, 0) is 26.2 Å². The second-order valence-corrected chi connectivity index (χ2v) is 21.3. The number of nitrogens with two attached hydrogens (primary N) is 1. The Kier molecular flexibility index (Phi) is 22.9. The van der Waals surface area contributed by atoms with Crippen LogP contribution in [0.2, 0.25) is 5.15 Å². The molecular formula is C58H85ClN12. The predicted molar refractivity (Wildman–Crippen MR) is 299 cm³/mol. The number of benzene rings is 4. The molecule has 0 bridgehead atoms. The Labute approximate surface area is 432 Å². The Morgan fingerprint density at radius 2 is 1.01 bits per heavy atom. The fourth-order valence-electron chi connectivity index (χ4n) is 9.69. The lowest BCUT2D eigenvalue weighted by molar-refractivity contribution is 0.0514. The fourth-order valence-corrected chi connectivity index (χ4v) is 9.95. The Bertz CT molecular complexity index is 2430. The quantitative estimate of drug-likeness (QED) is 0.0562. The van der Waals surface area contributed by atoms with E-state index in [1.807, 2.05) is 24.3 Å². The number of rotatable bonds is 20. The van der Waals surface area contributed by atoms with Crippen molar-refractivity contribution >= 4 is 39.2 Å². The van der Waals surface area contributed by atoms with Crippen LogP contribution in [0.1, 0.15) is 76.2 Å². The molecule has 0 radical (unpaired) electrons. The lowest BCUT2D eigenvalue weighted by Gasteiger charge is -2.42. The molecule has 12 nitrogen and oxygen atoms in total. The van der Waals surface area contributed by atoms with Crippen molar-refractivity contribution in [1.29, 1.82) is 0 Å². The maximum absolute atomic E-state index is 6.44. The van der Waals surface area contributed by atoms with Gasteiger partial charge in [-0.15, -0.1) is 0 Å². The molecule has 384 valence electrons. The average molecular weight is 986 g/mol. The molecule has 0 aliphatic carbocycles. The van der Waals surface area contributed by atoms with Gasteiger partial charge in [0, 0.05) is 81.8 Å². The van der Waals surface area contributed by atoms with Crippen molar-refractivity contribution in [3.8, 4) is 0 Å². The fraction of sp³-hybridized carbons (Fsp3) is 0.517. The number of para-hydroxylation sites is 2. The van der Waals surface area contributed by atoms with Gasteiger partial charge in [-0.25, -0.2) is 19.9 Å². The van der Waals surface area contributed by atoms with Gasteiger partial charge in [0.25, 0.3) is 0 Å². The van der Waals surface area contributed by atoms with E-state index in [0.29, 0.717) is 29.1 Å². The Morgan fingerprint density at radius 1 is 0.563 bits per heavy atom. The van der Waals surface area contributed by atoms with Gasteiger partial charge in [0.05, 0.1) is 24.1 Å². The highest BCUT2D eigenvalue weighted by Crippen LogP contribution is 2.26. The highest BCUT2D eigenvalue weighted by molar-refractivity contribution is 6.34. The van der Waals surface area contributed by atoms with E-state index in [2.05, 4.69) is 181 Å². The van der Waals surface area contributed by atoms with E-state index >= 15 is 0 Å². The van der Waals surface area contributed by atoms with Crippen molar-refractivity contribution in [2.24, 2.45) is 17.6 Å². The van der Waals surface area contributed by atoms with E-state index in [1.165, 1.54) is 24.0 Å². The number of hydrogen-bond acceptors (Lipinski definition) is 12. The van der Waals surface area contributed by atoms with Gasteiger partial charge in [0.1, 0.15) is 22.6 Å². The second kappa shape index (κ2) is 29.2. The van der Waals surface area contributed by atoms with Crippen molar-refractivity contribution in [1.82, 2.24) is 49.3 Å². The molecule has 0 saturated carbocycles. The van der Waals surface area contributed by atoms with Crippen molar-refractivity contribution in [2.45, 2.75) is 91.6 Å². The van der Waals surface area contributed by atoms with Crippen LogP contribution in [0.25, 0.3) is 21.8 Å². The minimum absolute atomic E-state index is 0.501. The molecule has 2 saturated heterocycles. The summed E-state index contributed by atoms with van der Waals surface area (Å²) in [5.41, 5.74) is 9.97. The highest BCUT2D eigenvalue weighted by atomic mass is 35.5. The molecule has 2 unspecified atom stereocenters. The average Bonchev–Trinajstić information content (AvgIpc) is 3.34. The zero-order valence-corrected chi connectivity index (χ0v) is 45.1. The molecule has 2 aromatic heterocycles. The van der Waals surface area contributed by atoms with Gasteiger partial charge >= 0.3 is 0 Å². The Hall–Kier alpha value is -4.63. The van der Waals surface area contributed by atoms with E-state index in [-0.39, 0.29) is 0 Å². The van der Waals surface area contributed by atoms with Crippen molar-refractivity contribution < 1.29 is 0 Å². The molecule has 71 heavy (non-hydrogen) atoms. The third kappa shape index (κ3) is 18.7. The molecule has 2 fully saturated rings. The summed E-state index contributed by atoms with van der Waals surface area (Å²) in [5.74, 6) is 4.02. The molecule has 6 aromatic rings. The molecule has 0 amide bonds. The van der Waals surface area contributed by atoms with Gasteiger partial charge in [-0.1, -0.05) is 124 Å². The normalized spacial score (nSPS) is 17.2. The van der Waals surface area contributed by atoms with Crippen LogP contribution in [-0.4, -0.2) is 155 Å². The Morgan fingerprint density at radius 3 is 1.49 bits per heavy atom. The summed E-state index contributed by atoms with van der Waals surface area (Å²) in [6.07, 6.45) is 4.55. The third-order valence-corrected chi connectivity index (χ3v) is 13.5. The smallest absolute Gasteiger partial charge is 0.145 e. The monoisotopic (exact) mass is 985 g/mol. The zero-order valence-electron chi connectivity index (χ0n) is 44.4. The number of hydrogen-bond donors (Lipinski definition) is 2. The van der Waals surface area contributed by atoms with Gasteiger partial charge in [0.2, 0.25) is 0 Å². The van der Waals surface area contributed by atoms with E-state index in [1.54, 1.807) is 0 Å². The maximum Gasteiger partial charge on any atom is 0.145 e. The number of piperazine rings is 2. The summed E-state index contributed by atoms with van der Waals surface area (Å²) in [4.78, 5) is 34.1. The van der Waals surface area contributed by atoms with Gasteiger partial charge in [-0.3, -0.25) is 19.6 Å². The van der Waals surface area contributed by atoms with E-state index in [9.17, 15) is 0 Å². The van der Waals surface area contributed by atoms with E-state index in [4.69, 9.17) is 32.3 Å². The topological polar surface area (TPSA) is 109 Å². The number of fused-ring (bicyclic) bond motifs is 2. The molecule has 3 N–H and O–H groups in total. The standard InChI is InChI=1S/C29H42N6.C24H29ClN4.C5H14N2/c1-23(2)19-25-21-34(20-24-11-6-5-7-12-24)17-18-35(25)22-28-31-27-14-9-8-13-26(27)29(32-28)30-15-10-16-33(3)4;1-18(2)14-20-16-28(15-19-8-4-3-5-9-19)12-13-29(20)17-23-26-22-11-7-6-10-21(22)24(25)27-23;1-7(2)5-3-4-6/h5-9,11-14,23,25H,10,15-22H2,1-4H3,(H,30,31,32);3-11,18,20H,12-17H2,1-2H3;3-6H2,1-2H3. The molecule has 2 atom stereocenters. The molecule has 0 spiro atoms. The molecule has 2 aliphatic heterocycles. The molecule has 2 aliphatic rings. The predicted octanol–water partition coefficient (Wildman–Crippen LogP) is 9.64. The molecular weight excluding hydrogens is 900 g/mol. The summed E-state index contributed by atoms with van der Waals surface area (Å²) in [7, 11) is 8.34. The van der Waals surface area contributed by atoms with Gasteiger partial charge in [-0.05, 0) is 121 Å².